The highest BCUT2D eigenvalue weighted by atomic mass is 16.5. The van der Waals surface area contributed by atoms with Gasteiger partial charge in [-0.25, -0.2) is 0 Å². The molecule has 0 aromatic carbocycles. The largest absolute Gasteiger partial charge is 0.396 e. The van der Waals surface area contributed by atoms with Crippen molar-refractivity contribution < 1.29 is 14.9 Å². The molecule has 1 aliphatic rings. The normalized spacial score (nSPS) is 44.7. The summed E-state index contributed by atoms with van der Waals surface area (Å²) in [6.07, 6.45) is 0.716. The fourth-order valence-electron chi connectivity index (χ4n) is 1.49. The standard InChI is InChI=1S/C8H16O3/c1-6-8(2,5-10)3-7(4-9)11-6/h6-7,9-10H,3-5H2,1-2H3/t6?,7-,8-/m0/s1. The second kappa shape index (κ2) is 3.09. The highest BCUT2D eigenvalue weighted by Crippen LogP contribution is 2.37. The summed E-state index contributed by atoms with van der Waals surface area (Å²) in [7, 11) is 0. The number of rotatable bonds is 2. The summed E-state index contributed by atoms with van der Waals surface area (Å²) in [5.41, 5.74) is -0.159. The van der Waals surface area contributed by atoms with Gasteiger partial charge in [-0.1, -0.05) is 6.92 Å². The summed E-state index contributed by atoms with van der Waals surface area (Å²) in [4.78, 5) is 0. The van der Waals surface area contributed by atoms with Gasteiger partial charge in [0.2, 0.25) is 0 Å². The Bertz CT molecular complexity index is 137. The van der Waals surface area contributed by atoms with E-state index >= 15 is 0 Å². The molecule has 3 heteroatoms. The molecule has 0 spiro atoms. The zero-order chi connectivity index (χ0) is 8.48. The number of aliphatic hydroxyl groups excluding tert-OH is 2. The minimum Gasteiger partial charge on any atom is -0.396 e. The molecule has 3 atom stereocenters. The maximum absolute atomic E-state index is 9.05. The van der Waals surface area contributed by atoms with Crippen LogP contribution in [0.1, 0.15) is 20.3 Å². The zero-order valence-corrected chi connectivity index (χ0v) is 7.08. The topological polar surface area (TPSA) is 49.7 Å². The highest BCUT2D eigenvalue weighted by molar-refractivity contribution is 4.89. The summed E-state index contributed by atoms with van der Waals surface area (Å²) in [6, 6.07) is 0. The Morgan fingerprint density at radius 3 is 2.45 bits per heavy atom. The molecule has 0 radical (unpaired) electrons. The monoisotopic (exact) mass is 160 g/mol. The van der Waals surface area contributed by atoms with Crippen LogP contribution in [0.5, 0.6) is 0 Å². The van der Waals surface area contributed by atoms with Crippen LogP contribution in [-0.4, -0.2) is 35.6 Å². The van der Waals surface area contributed by atoms with Gasteiger partial charge in [-0.3, -0.25) is 0 Å². The molecule has 1 heterocycles. The molecule has 1 unspecified atom stereocenters. The van der Waals surface area contributed by atoms with Crippen molar-refractivity contribution >= 4 is 0 Å². The third-order valence-electron chi connectivity index (χ3n) is 2.64. The first-order chi connectivity index (χ1) is 5.12. The van der Waals surface area contributed by atoms with E-state index in [0.29, 0.717) is 0 Å². The Kier molecular flexibility index (Phi) is 2.52. The van der Waals surface area contributed by atoms with E-state index in [1.165, 1.54) is 0 Å². The lowest BCUT2D eigenvalue weighted by molar-refractivity contribution is -0.00706. The predicted molar refractivity (Wildman–Crippen MR) is 41.2 cm³/mol. The molecule has 0 bridgehead atoms. The van der Waals surface area contributed by atoms with Gasteiger partial charge < -0.3 is 14.9 Å². The third kappa shape index (κ3) is 1.55. The summed E-state index contributed by atoms with van der Waals surface area (Å²) in [6.45, 7) is 4.10. The summed E-state index contributed by atoms with van der Waals surface area (Å²) in [5.74, 6) is 0. The molecule has 3 nitrogen and oxygen atoms in total. The van der Waals surface area contributed by atoms with Crippen molar-refractivity contribution in [2.45, 2.75) is 32.5 Å². The van der Waals surface area contributed by atoms with Crippen LogP contribution in [0, 0.1) is 5.41 Å². The number of hydrogen-bond acceptors (Lipinski definition) is 3. The van der Waals surface area contributed by atoms with Crippen LogP contribution < -0.4 is 0 Å². The van der Waals surface area contributed by atoms with Crippen molar-refractivity contribution in [3.8, 4) is 0 Å². The Morgan fingerprint density at radius 1 is 1.55 bits per heavy atom. The average Bonchev–Trinajstić information content (AvgIpc) is 2.29. The second-order valence-electron chi connectivity index (χ2n) is 3.60. The van der Waals surface area contributed by atoms with E-state index < -0.39 is 0 Å². The lowest BCUT2D eigenvalue weighted by atomic mass is 9.83. The van der Waals surface area contributed by atoms with E-state index in [-0.39, 0.29) is 30.8 Å². The van der Waals surface area contributed by atoms with Crippen LogP contribution in [0.25, 0.3) is 0 Å². The minimum absolute atomic E-state index is 0.0460. The fourth-order valence-corrected chi connectivity index (χ4v) is 1.49. The van der Waals surface area contributed by atoms with Gasteiger partial charge in [0.1, 0.15) is 0 Å². The molecular weight excluding hydrogens is 144 g/mol. The van der Waals surface area contributed by atoms with Crippen molar-refractivity contribution in [1.29, 1.82) is 0 Å². The molecule has 0 saturated carbocycles. The predicted octanol–water partition coefficient (Wildman–Crippen LogP) is 0.155. The molecular formula is C8H16O3. The molecule has 0 amide bonds. The number of aliphatic hydroxyl groups is 2. The SMILES string of the molecule is CC1O[C@H](CO)C[C@@]1(C)CO. The quantitative estimate of drug-likeness (QED) is 0.604. The molecule has 0 aromatic heterocycles. The van der Waals surface area contributed by atoms with Gasteiger partial charge in [-0.15, -0.1) is 0 Å². The molecule has 0 aliphatic carbocycles. The van der Waals surface area contributed by atoms with E-state index in [9.17, 15) is 0 Å². The van der Waals surface area contributed by atoms with E-state index in [1.54, 1.807) is 0 Å². The van der Waals surface area contributed by atoms with E-state index in [2.05, 4.69) is 0 Å². The lowest BCUT2D eigenvalue weighted by Gasteiger charge is -2.23. The Labute approximate surface area is 67.0 Å². The van der Waals surface area contributed by atoms with Gasteiger partial charge in [-0.05, 0) is 13.3 Å². The van der Waals surface area contributed by atoms with Gasteiger partial charge >= 0.3 is 0 Å². The number of hydrogen-bond donors (Lipinski definition) is 2. The lowest BCUT2D eigenvalue weighted by Crippen LogP contribution is -2.28. The Hall–Kier alpha value is -0.120. The van der Waals surface area contributed by atoms with Crippen LogP contribution in [0.3, 0.4) is 0 Å². The second-order valence-corrected chi connectivity index (χ2v) is 3.60. The summed E-state index contributed by atoms with van der Waals surface area (Å²) in [5, 5.41) is 17.9. The van der Waals surface area contributed by atoms with Crippen molar-refractivity contribution in [3.05, 3.63) is 0 Å². The molecule has 1 fully saturated rings. The molecule has 2 N–H and O–H groups in total. The summed E-state index contributed by atoms with van der Waals surface area (Å²) < 4.78 is 5.41. The highest BCUT2D eigenvalue weighted by Gasteiger charge is 2.41. The molecule has 1 aliphatic heterocycles. The molecule has 0 aromatic rings. The zero-order valence-electron chi connectivity index (χ0n) is 7.08. The maximum Gasteiger partial charge on any atom is 0.0816 e. The molecule has 66 valence electrons. The van der Waals surface area contributed by atoms with Crippen LogP contribution >= 0.6 is 0 Å². The Balaban J connectivity index is 2.57. The molecule has 11 heavy (non-hydrogen) atoms. The average molecular weight is 160 g/mol. The molecule has 1 saturated heterocycles. The smallest absolute Gasteiger partial charge is 0.0816 e. The van der Waals surface area contributed by atoms with Crippen LogP contribution in [-0.2, 0) is 4.74 Å². The minimum atomic E-state index is -0.159. The maximum atomic E-state index is 9.05. The first-order valence-electron chi connectivity index (χ1n) is 3.99. The first-order valence-corrected chi connectivity index (χ1v) is 3.99. The van der Waals surface area contributed by atoms with Crippen molar-refractivity contribution in [2.75, 3.05) is 13.2 Å². The van der Waals surface area contributed by atoms with Crippen LogP contribution in [0.4, 0.5) is 0 Å². The van der Waals surface area contributed by atoms with E-state index in [1.807, 2.05) is 13.8 Å². The third-order valence-corrected chi connectivity index (χ3v) is 2.64. The van der Waals surface area contributed by atoms with Gasteiger partial charge in [0.05, 0.1) is 25.4 Å². The van der Waals surface area contributed by atoms with Crippen LogP contribution in [0.15, 0.2) is 0 Å². The van der Waals surface area contributed by atoms with Gasteiger partial charge in [0.15, 0.2) is 0 Å². The van der Waals surface area contributed by atoms with Gasteiger partial charge in [0, 0.05) is 5.41 Å². The van der Waals surface area contributed by atoms with Crippen LogP contribution in [0.2, 0.25) is 0 Å². The molecule has 1 rings (SSSR count). The van der Waals surface area contributed by atoms with Crippen molar-refractivity contribution in [3.63, 3.8) is 0 Å². The van der Waals surface area contributed by atoms with Gasteiger partial charge in [0.25, 0.3) is 0 Å². The summed E-state index contributed by atoms with van der Waals surface area (Å²) >= 11 is 0. The van der Waals surface area contributed by atoms with Crippen molar-refractivity contribution in [1.82, 2.24) is 0 Å². The fraction of sp³-hybridized carbons (Fsp3) is 1.00. The van der Waals surface area contributed by atoms with E-state index in [0.717, 1.165) is 6.42 Å². The number of ether oxygens (including phenoxy) is 1. The van der Waals surface area contributed by atoms with E-state index in [4.69, 9.17) is 14.9 Å². The van der Waals surface area contributed by atoms with Gasteiger partial charge in [-0.2, -0.15) is 0 Å². The Morgan fingerprint density at radius 2 is 2.18 bits per heavy atom. The first kappa shape index (κ1) is 8.97. The van der Waals surface area contributed by atoms with Crippen molar-refractivity contribution in [2.24, 2.45) is 5.41 Å².